The Bertz CT molecular complexity index is 811. The van der Waals surface area contributed by atoms with Crippen LogP contribution in [0.4, 0.5) is 0 Å². The Labute approximate surface area is 169 Å². The van der Waals surface area contributed by atoms with Gasteiger partial charge in [-0.3, -0.25) is 4.98 Å². The zero-order valence-electron chi connectivity index (χ0n) is 14.0. The fourth-order valence-electron chi connectivity index (χ4n) is 2.40. The highest BCUT2D eigenvalue weighted by molar-refractivity contribution is 6.30. The molecule has 0 atom stereocenters. The minimum atomic E-state index is 0. The summed E-state index contributed by atoms with van der Waals surface area (Å²) >= 11 is 12.0. The summed E-state index contributed by atoms with van der Waals surface area (Å²) < 4.78 is 5.96. The fourth-order valence-corrected chi connectivity index (χ4v) is 2.72. The highest BCUT2D eigenvalue weighted by Crippen LogP contribution is 2.24. The molecule has 2 aromatic carbocycles. The van der Waals surface area contributed by atoms with Crippen LogP contribution in [0.25, 0.3) is 0 Å². The Hall–Kier alpha value is -1.78. The van der Waals surface area contributed by atoms with Gasteiger partial charge in [0.05, 0.1) is 5.69 Å². The molecule has 0 fully saturated rings. The van der Waals surface area contributed by atoms with E-state index in [1.807, 2.05) is 60.7 Å². The summed E-state index contributed by atoms with van der Waals surface area (Å²) in [6, 6.07) is 19.2. The molecule has 0 bridgehead atoms. The number of aromatic nitrogens is 1. The van der Waals surface area contributed by atoms with Gasteiger partial charge in [-0.1, -0.05) is 41.4 Å². The van der Waals surface area contributed by atoms with Crippen LogP contribution in [-0.2, 0) is 19.7 Å². The van der Waals surface area contributed by atoms with Gasteiger partial charge in [0.25, 0.3) is 0 Å². The monoisotopic (exact) mass is 408 g/mol. The van der Waals surface area contributed by atoms with Crippen LogP contribution in [0.1, 0.15) is 16.8 Å². The lowest BCUT2D eigenvalue weighted by molar-refractivity contribution is 0.302. The van der Waals surface area contributed by atoms with Crippen molar-refractivity contribution in [3.63, 3.8) is 0 Å². The molecule has 0 radical (unpaired) electrons. The van der Waals surface area contributed by atoms with Gasteiger partial charge in [-0.25, -0.2) is 0 Å². The average molecular weight is 410 g/mol. The minimum absolute atomic E-state index is 0. The van der Waals surface area contributed by atoms with E-state index in [2.05, 4.69) is 10.3 Å². The van der Waals surface area contributed by atoms with Crippen LogP contribution in [0.3, 0.4) is 0 Å². The number of nitrogens with zero attached hydrogens (tertiary/aromatic N) is 1. The Morgan fingerprint density at radius 2 is 1.65 bits per heavy atom. The second-order valence-electron chi connectivity index (χ2n) is 5.59. The van der Waals surface area contributed by atoms with Gasteiger partial charge < -0.3 is 10.1 Å². The Morgan fingerprint density at radius 3 is 2.38 bits per heavy atom. The minimum Gasteiger partial charge on any atom is -0.489 e. The first-order valence-electron chi connectivity index (χ1n) is 7.97. The van der Waals surface area contributed by atoms with Crippen molar-refractivity contribution in [2.75, 3.05) is 0 Å². The zero-order chi connectivity index (χ0) is 17.5. The average Bonchev–Trinajstić information content (AvgIpc) is 2.63. The molecule has 6 heteroatoms. The van der Waals surface area contributed by atoms with E-state index in [0.29, 0.717) is 24.7 Å². The predicted molar refractivity (Wildman–Crippen MR) is 109 cm³/mol. The number of halogens is 3. The third kappa shape index (κ3) is 6.19. The SMILES string of the molecule is Cl.Clc1ccc(COc2ccc(Cl)cc2CNCc2ccccn2)cc1. The largest absolute Gasteiger partial charge is 0.489 e. The molecule has 3 nitrogen and oxygen atoms in total. The molecule has 3 rings (SSSR count). The normalized spacial score (nSPS) is 10.2. The van der Waals surface area contributed by atoms with Gasteiger partial charge in [0.1, 0.15) is 12.4 Å². The molecule has 136 valence electrons. The van der Waals surface area contributed by atoms with Crippen molar-refractivity contribution in [3.05, 3.63) is 93.7 Å². The Morgan fingerprint density at radius 1 is 0.885 bits per heavy atom. The lowest BCUT2D eigenvalue weighted by Crippen LogP contribution is -2.14. The van der Waals surface area contributed by atoms with Crippen LogP contribution in [0.5, 0.6) is 5.75 Å². The van der Waals surface area contributed by atoms with Crippen molar-refractivity contribution in [2.24, 2.45) is 0 Å². The first kappa shape index (κ1) is 20.5. The maximum absolute atomic E-state index is 6.14. The highest BCUT2D eigenvalue weighted by Gasteiger charge is 2.06. The number of pyridine rings is 1. The van der Waals surface area contributed by atoms with E-state index in [1.165, 1.54) is 0 Å². The van der Waals surface area contributed by atoms with Crippen LogP contribution < -0.4 is 10.1 Å². The van der Waals surface area contributed by atoms with Gasteiger partial charge in [0.2, 0.25) is 0 Å². The molecule has 1 aromatic heterocycles. The second kappa shape index (κ2) is 10.4. The topological polar surface area (TPSA) is 34.1 Å². The van der Waals surface area contributed by atoms with Gasteiger partial charge in [-0.15, -0.1) is 12.4 Å². The smallest absolute Gasteiger partial charge is 0.124 e. The molecule has 0 saturated carbocycles. The van der Waals surface area contributed by atoms with Gasteiger partial charge in [-0.05, 0) is 48.0 Å². The standard InChI is InChI=1S/C20H18Cl2N2O.ClH/c21-17-6-4-15(5-7-17)14-25-20-9-8-18(22)11-16(20)12-23-13-19-3-1-2-10-24-19;/h1-11,23H,12-14H2;1H. The van der Waals surface area contributed by atoms with Gasteiger partial charge in [0.15, 0.2) is 0 Å². The quantitative estimate of drug-likeness (QED) is 0.545. The van der Waals surface area contributed by atoms with Crippen molar-refractivity contribution in [1.29, 1.82) is 0 Å². The van der Waals surface area contributed by atoms with Crippen LogP contribution >= 0.6 is 35.6 Å². The molecule has 1 N–H and O–H groups in total. The van der Waals surface area contributed by atoms with E-state index in [4.69, 9.17) is 27.9 Å². The summed E-state index contributed by atoms with van der Waals surface area (Å²) in [7, 11) is 0. The molecule has 0 saturated heterocycles. The third-order valence-corrected chi connectivity index (χ3v) is 4.16. The van der Waals surface area contributed by atoms with Crippen LogP contribution in [0, 0.1) is 0 Å². The Balaban J connectivity index is 0.00000243. The fraction of sp³-hybridized carbons (Fsp3) is 0.150. The molecule has 0 spiro atoms. The number of nitrogens with one attached hydrogen (secondary N) is 1. The van der Waals surface area contributed by atoms with Crippen molar-refractivity contribution in [1.82, 2.24) is 10.3 Å². The lowest BCUT2D eigenvalue weighted by Gasteiger charge is -2.13. The summed E-state index contributed by atoms with van der Waals surface area (Å²) in [5.41, 5.74) is 3.07. The number of benzene rings is 2. The van der Waals surface area contributed by atoms with Crippen molar-refractivity contribution in [3.8, 4) is 5.75 Å². The summed E-state index contributed by atoms with van der Waals surface area (Å²) in [5.74, 6) is 0.813. The van der Waals surface area contributed by atoms with Crippen LogP contribution in [0.2, 0.25) is 10.0 Å². The second-order valence-corrected chi connectivity index (χ2v) is 6.46. The molecule has 0 unspecified atom stereocenters. The van der Waals surface area contributed by atoms with E-state index in [9.17, 15) is 0 Å². The maximum Gasteiger partial charge on any atom is 0.124 e. The molecule has 3 aromatic rings. The molecular formula is C20H19Cl3N2O. The van der Waals surface area contributed by atoms with Gasteiger partial charge in [0, 0.05) is 34.9 Å². The van der Waals surface area contributed by atoms with E-state index >= 15 is 0 Å². The molecule has 0 amide bonds. The summed E-state index contributed by atoms with van der Waals surface area (Å²) in [4.78, 5) is 4.30. The van der Waals surface area contributed by atoms with Crippen molar-refractivity contribution in [2.45, 2.75) is 19.7 Å². The first-order chi connectivity index (χ1) is 12.2. The molecule has 1 heterocycles. The number of rotatable bonds is 7. The molecule has 0 aliphatic rings. The number of hydrogen-bond acceptors (Lipinski definition) is 3. The summed E-state index contributed by atoms with van der Waals surface area (Å²) in [5, 5.41) is 4.78. The first-order valence-corrected chi connectivity index (χ1v) is 8.72. The molecular weight excluding hydrogens is 391 g/mol. The third-order valence-electron chi connectivity index (χ3n) is 3.68. The van der Waals surface area contributed by atoms with E-state index in [0.717, 1.165) is 27.6 Å². The maximum atomic E-state index is 6.14. The van der Waals surface area contributed by atoms with E-state index in [1.54, 1.807) is 6.20 Å². The lowest BCUT2D eigenvalue weighted by atomic mass is 10.2. The van der Waals surface area contributed by atoms with Gasteiger partial charge in [-0.2, -0.15) is 0 Å². The summed E-state index contributed by atoms with van der Waals surface area (Å²) in [6.45, 7) is 1.81. The summed E-state index contributed by atoms with van der Waals surface area (Å²) in [6.07, 6.45) is 1.79. The number of hydrogen-bond donors (Lipinski definition) is 1. The van der Waals surface area contributed by atoms with Crippen LogP contribution in [0.15, 0.2) is 66.9 Å². The van der Waals surface area contributed by atoms with Crippen molar-refractivity contribution >= 4 is 35.6 Å². The highest BCUT2D eigenvalue weighted by atomic mass is 35.5. The van der Waals surface area contributed by atoms with E-state index < -0.39 is 0 Å². The predicted octanol–water partition coefficient (Wildman–Crippen LogP) is 5.68. The van der Waals surface area contributed by atoms with Gasteiger partial charge >= 0.3 is 0 Å². The van der Waals surface area contributed by atoms with Crippen LogP contribution in [-0.4, -0.2) is 4.98 Å². The molecule has 26 heavy (non-hydrogen) atoms. The molecule has 0 aliphatic heterocycles. The van der Waals surface area contributed by atoms with E-state index in [-0.39, 0.29) is 12.4 Å². The Kier molecular flexibility index (Phi) is 8.20. The molecule has 0 aliphatic carbocycles. The zero-order valence-corrected chi connectivity index (χ0v) is 16.3. The number of ether oxygens (including phenoxy) is 1. The van der Waals surface area contributed by atoms with Crippen molar-refractivity contribution < 1.29 is 4.74 Å².